The van der Waals surface area contributed by atoms with E-state index in [9.17, 15) is 0 Å². The maximum absolute atomic E-state index is 8.86. The highest BCUT2D eigenvalue weighted by Crippen LogP contribution is 2.28. The molecule has 0 aliphatic heterocycles. The van der Waals surface area contributed by atoms with Crippen molar-refractivity contribution in [1.29, 1.82) is 0 Å². The Morgan fingerprint density at radius 1 is 0.905 bits per heavy atom. The van der Waals surface area contributed by atoms with Gasteiger partial charge in [-0.25, -0.2) is 0 Å². The molecule has 2 heteroatoms. The number of rotatable bonds is 5. The van der Waals surface area contributed by atoms with Crippen LogP contribution in [0.1, 0.15) is 35.1 Å². The Hall–Kier alpha value is -1.64. The van der Waals surface area contributed by atoms with Gasteiger partial charge in [0.05, 0.1) is 0 Å². The summed E-state index contributed by atoms with van der Waals surface area (Å²) < 4.78 is 0. The fraction of sp³-hybridized carbons (Fsp3) is 0.368. The highest BCUT2D eigenvalue weighted by molar-refractivity contribution is 5.71. The van der Waals surface area contributed by atoms with Crippen molar-refractivity contribution < 1.29 is 10.2 Å². The molecule has 2 N–H and O–H groups in total. The quantitative estimate of drug-likeness (QED) is 0.817. The summed E-state index contributed by atoms with van der Waals surface area (Å²) in [4.78, 5) is 0. The van der Waals surface area contributed by atoms with Crippen molar-refractivity contribution >= 4 is 0 Å². The van der Waals surface area contributed by atoms with Gasteiger partial charge in [-0.05, 0) is 67.9 Å². The lowest BCUT2D eigenvalue weighted by molar-refractivity contribution is -0.0461. The molecule has 2 aromatic carbocycles. The van der Waals surface area contributed by atoms with Gasteiger partial charge in [-0.15, -0.1) is 0 Å². The molecule has 0 aliphatic carbocycles. The van der Waals surface area contributed by atoms with Crippen molar-refractivity contribution in [1.82, 2.24) is 0 Å². The lowest BCUT2D eigenvalue weighted by Gasteiger charge is -2.12. The van der Waals surface area contributed by atoms with Crippen LogP contribution in [0.2, 0.25) is 0 Å². The van der Waals surface area contributed by atoms with Crippen LogP contribution in [0.25, 0.3) is 11.1 Å². The molecule has 0 saturated carbocycles. The highest BCUT2D eigenvalue weighted by atomic mass is 16.5. The second-order valence-corrected chi connectivity index (χ2v) is 5.84. The van der Waals surface area contributed by atoms with E-state index in [0.717, 1.165) is 12.8 Å². The van der Waals surface area contributed by atoms with Crippen molar-refractivity contribution in [3.63, 3.8) is 0 Å². The molecule has 0 amide bonds. The number of aliphatic hydroxyl groups is 2. The zero-order chi connectivity index (χ0) is 15.4. The second-order valence-electron chi connectivity index (χ2n) is 5.84. The van der Waals surface area contributed by atoms with E-state index in [-0.39, 0.29) is 0 Å². The third-order valence-electron chi connectivity index (χ3n) is 3.85. The first-order valence-corrected chi connectivity index (χ1v) is 7.50. The minimum absolute atomic E-state index is 0.429. The fourth-order valence-electron chi connectivity index (χ4n) is 2.96. The van der Waals surface area contributed by atoms with E-state index in [1.807, 2.05) is 0 Å². The largest absolute Gasteiger partial charge is 0.368 e. The van der Waals surface area contributed by atoms with Gasteiger partial charge in [0, 0.05) is 0 Å². The summed E-state index contributed by atoms with van der Waals surface area (Å²) in [5, 5.41) is 17.7. The molecule has 0 heterocycles. The van der Waals surface area contributed by atoms with Crippen molar-refractivity contribution in [3.8, 4) is 11.1 Å². The lowest BCUT2D eigenvalue weighted by atomic mass is 9.93. The summed E-state index contributed by atoms with van der Waals surface area (Å²) in [6.45, 7) is 6.44. The number of hydrogen-bond acceptors (Lipinski definition) is 2. The molecule has 0 aromatic heterocycles. The van der Waals surface area contributed by atoms with E-state index in [2.05, 4.69) is 57.2 Å². The van der Waals surface area contributed by atoms with E-state index < -0.39 is 6.29 Å². The van der Waals surface area contributed by atoms with Gasteiger partial charge in [0.15, 0.2) is 6.29 Å². The van der Waals surface area contributed by atoms with Crippen LogP contribution in [-0.2, 0) is 6.42 Å². The number of aryl methyl sites for hydroxylation is 4. The van der Waals surface area contributed by atoms with Crippen LogP contribution in [-0.4, -0.2) is 16.5 Å². The van der Waals surface area contributed by atoms with Gasteiger partial charge < -0.3 is 10.2 Å². The van der Waals surface area contributed by atoms with Crippen molar-refractivity contribution in [2.45, 2.75) is 46.3 Å². The number of aliphatic hydroxyl groups excluding tert-OH is 1. The summed E-state index contributed by atoms with van der Waals surface area (Å²) in [5.41, 5.74) is 7.72. The predicted molar refractivity (Wildman–Crippen MR) is 87.3 cm³/mol. The second kappa shape index (κ2) is 6.88. The van der Waals surface area contributed by atoms with Crippen LogP contribution in [0.3, 0.4) is 0 Å². The first-order chi connectivity index (χ1) is 9.97. The van der Waals surface area contributed by atoms with Crippen LogP contribution in [0, 0.1) is 20.8 Å². The van der Waals surface area contributed by atoms with E-state index in [1.54, 1.807) is 0 Å². The fourth-order valence-corrected chi connectivity index (χ4v) is 2.96. The molecule has 0 spiro atoms. The van der Waals surface area contributed by atoms with E-state index >= 15 is 0 Å². The molecule has 0 saturated heterocycles. The first kappa shape index (κ1) is 15.7. The topological polar surface area (TPSA) is 40.5 Å². The molecular weight excluding hydrogens is 260 g/mol. The third-order valence-corrected chi connectivity index (χ3v) is 3.85. The first-order valence-electron chi connectivity index (χ1n) is 7.50. The summed E-state index contributed by atoms with van der Waals surface area (Å²) in [6.07, 6.45) is 0.906. The zero-order valence-corrected chi connectivity index (χ0v) is 13.1. The van der Waals surface area contributed by atoms with Gasteiger partial charge in [0.25, 0.3) is 0 Å². The molecule has 0 unspecified atom stereocenters. The van der Waals surface area contributed by atoms with Crippen molar-refractivity contribution in [2.24, 2.45) is 0 Å². The molecule has 0 atom stereocenters. The van der Waals surface area contributed by atoms with Crippen LogP contribution >= 0.6 is 0 Å². The standard InChI is InChI=1S/C19H24O2/c1-13-11-14(2)19(15(3)12-13)17-9-7-16(8-10-17)5-4-6-18(20)21/h7-12,18,20-21H,4-6H2,1-3H3. The van der Waals surface area contributed by atoms with E-state index in [0.29, 0.717) is 6.42 Å². The van der Waals surface area contributed by atoms with Crippen molar-refractivity contribution in [2.75, 3.05) is 0 Å². The average molecular weight is 284 g/mol. The molecule has 112 valence electrons. The normalized spacial score (nSPS) is 11.1. The maximum Gasteiger partial charge on any atom is 0.151 e. The Balaban J connectivity index is 2.16. The van der Waals surface area contributed by atoms with Crippen molar-refractivity contribution in [3.05, 3.63) is 58.7 Å². The molecule has 2 nitrogen and oxygen atoms in total. The van der Waals surface area contributed by atoms with Gasteiger partial charge in [-0.1, -0.05) is 42.0 Å². The monoisotopic (exact) mass is 284 g/mol. The molecule has 21 heavy (non-hydrogen) atoms. The minimum Gasteiger partial charge on any atom is -0.368 e. The summed E-state index contributed by atoms with van der Waals surface area (Å²) in [7, 11) is 0. The Morgan fingerprint density at radius 2 is 1.48 bits per heavy atom. The van der Waals surface area contributed by atoms with Crippen LogP contribution in [0.5, 0.6) is 0 Å². The molecule has 0 radical (unpaired) electrons. The van der Waals surface area contributed by atoms with Gasteiger partial charge in [-0.2, -0.15) is 0 Å². The van der Waals surface area contributed by atoms with Gasteiger partial charge in [0.2, 0.25) is 0 Å². The Kier molecular flexibility index (Phi) is 5.16. The molecule has 2 aromatic rings. The molecule has 0 aliphatic rings. The highest BCUT2D eigenvalue weighted by Gasteiger charge is 2.07. The van der Waals surface area contributed by atoms with Gasteiger partial charge in [-0.3, -0.25) is 0 Å². The number of benzene rings is 2. The van der Waals surface area contributed by atoms with E-state index in [4.69, 9.17) is 10.2 Å². The molecule has 0 fully saturated rings. The van der Waals surface area contributed by atoms with Crippen LogP contribution in [0.4, 0.5) is 0 Å². The maximum atomic E-state index is 8.86. The SMILES string of the molecule is Cc1cc(C)c(-c2ccc(CCCC(O)O)cc2)c(C)c1. The minimum atomic E-state index is -1.19. The number of hydrogen-bond donors (Lipinski definition) is 2. The Labute approximate surface area is 127 Å². The molecular formula is C19H24O2. The van der Waals surface area contributed by atoms with Crippen LogP contribution < -0.4 is 0 Å². The van der Waals surface area contributed by atoms with Gasteiger partial charge >= 0.3 is 0 Å². The molecule has 0 bridgehead atoms. The lowest BCUT2D eigenvalue weighted by Crippen LogP contribution is -2.03. The van der Waals surface area contributed by atoms with E-state index in [1.165, 1.54) is 33.4 Å². The summed E-state index contributed by atoms with van der Waals surface area (Å²) >= 11 is 0. The summed E-state index contributed by atoms with van der Waals surface area (Å²) in [5.74, 6) is 0. The summed E-state index contributed by atoms with van der Waals surface area (Å²) in [6, 6.07) is 13.0. The van der Waals surface area contributed by atoms with Crippen LogP contribution in [0.15, 0.2) is 36.4 Å². The average Bonchev–Trinajstić information content (AvgIpc) is 2.39. The van der Waals surface area contributed by atoms with Gasteiger partial charge in [0.1, 0.15) is 0 Å². The Bertz CT molecular complexity index is 574. The predicted octanol–water partition coefficient (Wildman–Crippen LogP) is 3.91. The zero-order valence-electron chi connectivity index (χ0n) is 13.1. The Morgan fingerprint density at radius 3 is 2.00 bits per heavy atom. The molecule has 2 rings (SSSR count). The third kappa shape index (κ3) is 4.16. The smallest absolute Gasteiger partial charge is 0.151 e.